The van der Waals surface area contributed by atoms with Crippen LogP contribution in [0.25, 0.3) is 0 Å². The van der Waals surface area contributed by atoms with Crippen LogP contribution in [-0.4, -0.2) is 18.4 Å². The van der Waals surface area contributed by atoms with Gasteiger partial charge in [0.2, 0.25) is 0 Å². The van der Waals surface area contributed by atoms with Gasteiger partial charge < -0.3 is 4.74 Å². The molecule has 0 aliphatic heterocycles. The maximum Gasteiger partial charge on any atom is 0.330 e. The van der Waals surface area contributed by atoms with Gasteiger partial charge in [0.1, 0.15) is 0 Å². The first kappa shape index (κ1) is 12.9. The standard InChI is InChI=1S/C14H14O3/c1-2-17-14(16)11-7-6-10-13(15)12-8-4-3-5-9-12/h3-11H,2H2,1H3/b10-6+,11-7+. The summed E-state index contributed by atoms with van der Waals surface area (Å²) in [7, 11) is 0. The number of esters is 1. The molecule has 0 bridgehead atoms. The topological polar surface area (TPSA) is 43.4 Å². The number of rotatable bonds is 5. The fourth-order valence-corrected chi connectivity index (χ4v) is 1.17. The van der Waals surface area contributed by atoms with E-state index in [4.69, 9.17) is 0 Å². The van der Waals surface area contributed by atoms with E-state index in [0.717, 1.165) is 0 Å². The molecule has 0 aromatic heterocycles. The SMILES string of the molecule is CCOC(=O)/C=C/C=C/C(=O)c1ccccc1. The van der Waals surface area contributed by atoms with Crippen molar-refractivity contribution in [3.05, 3.63) is 60.2 Å². The fraction of sp³-hybridized carbons (Fsp3) is 0.143. The molecule has 0 fully saturated rings. The minimum absolute atomic E-state index is 0.0980. The summed E-state index contributed by atoms with van der Waals surface area (Å²) in [5.41, 5.74) is 0.619. The van der Waals surface area contributed by atoms with Crippen LogP contribution in [0.1, 0.15) is 17.3 Å². The lowest BCUT2D eigenvalue weighted by molar-refractivity contribution is -0.137. The molecular weight excluding hydrogens is 216 g/mol. The van der Waals surface area contributed by atoms with E-state index in [0.29, 0.717) is 12.2 Å². The maximum absolute atomic E-state index is 11.6. The summed E-state index contributed by atoms with van der Waals surface area (Å²) >= 11 is 0. The van der Waals surface area contributed by atoms with Gasteiger partial charge in [-0.25, -0.2) is 4.79 Å². The zero-order valence-electron chi connectivity index (χ0n) is 9.63. The molecule has 0 heterocycles. The van der Waals surface area contributed by atoms with Crippen molar-refractivity contribution in [3.8, 4) is 0 Å². The molecule has 0 spiro atoms. The van der Waals surface area contributed by atoms with Gasteiger partial charge in [-0.2, -0.15) is 0 Å². The molecule has 0 saturated carbocycles. The van der Waals surface area contributed by atoms with Crippen molar-refractivity contribution in [1.29, 1.82) is 0 Å². The summed E-state index contributed by atoms with van der Waals surface area (Å²) in [6.07, 6.45) is 5.69. The van der Waals surface area contributed by atoms with Gasteiger partial charge in [-0.05, 0) is 13.0 Å². The van der Waals surface area contributed by atoms with Crippen molar-refractivity contribution in [2.45, 2.75) is 6.92 Å². The molecule has 88 valence electrons. The van der Waals surface area contributed by atoms with Crippen LogP contribution >= 0.6 is 0 Å². The summed E-state index contributed by atoms with van der Waals surface area (Å²) in [5.74, 6) is -0.511. The molecular formula is C14H14O3. The highest BCUT2D eigenvalue weighted by atomic mass is 16.5. The number of carbonyl (C=O) groups excluding carboxylic acids is 2. The third-order valence-corrected chi connectivity index (χ3v) is 1.94. The number of ketones is 1. The zero-order valence-corrected chi connectivity index (χ0v) is 9.63. The van der Waals surface area contributed by atoms with Gasteiger partial charge in [0.15, 0.2) is 5.78 Å². The van der Waals surface area contributed by atoms with Crippen molar-refractivity contribution in [2.24, 2.45) is 0 Å². The second-order valence-corrected chi connectivity index (χ2v) is 3.20. The van der Waals surface area contributed by atoms with Crippen LogP contribution in [-0.2, 0) is 9.53 Å². The number of hydrogen-bond donors (Lipinski definition) is 0. The largest absolute Gasteiger partial charge is 0.463 e. The van der Waals surface area contributed by atoms with Gasteiger partial charge in [0.25, 0.3) is 0 Å². The van der Waals surface area contributed by atoms with Gasteiger partial charge in [0.05, 0.1) is 6.61 Å². The summed E-state index contributed by atoms with van der Waals surface area (Å²) in [6, 6.07) is 8.93. The van der Waals surface area contributed by atoms with E-state index in [-0.39, 0.29) is 5.78 Å². The number of carbonyl (C=O) groups is 2. The van der Waals surface area contributed by atoms with E-state index in [2.05, 4.69) is 4.74 Å². The van der Waals surface area contributed by atoms with E-state index in [1.54, 1.807) is 31.2 Å². The molecule has 0 atom stereocenters. The van der Waals surface area contributed by atoms with Crippen LogP contribution < -0.4 is 0 Å². The molecule has 1 aromatic carbocycles. The molecule has 0 aliphatic carbocycles. The molecule has 0 aliphatic rings. The lowest BCUT2D eigenvalue weighted by Crippen LogP contribution is -1.98. The number of ether oxygens (including phenoxy) is 1. The molecule has 0 saturated heterocycles. The molecule has 0 amide bonds. The van der Waals surface area contributed by atoms with E-state index >= 15 is 0 Å². The molecule has 17 heavy (non-hydrogen) atoms. The van der Waals surface area contributed by atoms with Crippen LogP contribution in [0.4, 0.5) is 0 Å². The predicted octanol–water partition coefficient (Wildman–Crippen LogP) is 2.54. The van der Waals surface area contributed by atoms with E-state index in [9.17, 15) is 9.59 Å². The first-order valence-electron chi connectivity index (χ1n) is 5.35. The van der Waals surface area contributed by atoms with E-state index < -0.39 is 5.97 Å². The minimum atomic E-state index is -0.413. The Morgan fingerprint density at radius 3 is 2.41 bits per heavy atom. The smallest absolute Gasteiger partial charge is 0.330 e. The third-order valence-electron chi connectivity index (χ3n) is 1.94. The lowest BCUT2D eigenvalue weighted by Gasteiger charge is -1.93. The number of benzene rings is 1. The van der Waals surface area contributed by atoms with Crippen LogP contribution in [0.2, 0.25) is 0 Å². The van der Waals surface area contributed by atoms with Crippen LogP contribution in [0.3, 0.4) is 0 Å². The van der Waals surface area contributed by atoms with Crippen molar-refractivity contribution in [1.82, 2.24) is 0 Å². The van der Waals surface area contributed by atoms with Gasteiger partial charge in [-0.3, -0.25) is 4.79 Å². The summed E-state index contributed by atoms with van der Waals surface area (Å²) in [4.78, 5) is 22.5. The van der Waals surface area contributed by atoms with Gasteiger partial charge in [0, 0.05) is 11.6 Å². The second-order valence-electron chi connectivity index (χ2n) is 3.20. The Morgan fingerprint density at radius 1 is 1.12 bits per heavy atom. The average molecular weight is 230 g/mol. The number of hydrogen-bond acceptors (Lipinski definition) is 3. The van der Waals surface area contributed by atoms with Gasteiger partial charge in [-0.15, -0.1) is 0 Å². The van der Waals surface area contributed by atoms with Crippen molar-refractivity contribution >= 4 is 11.8 Å². The van der Waals surface area contributed by atoms with Crippen molar-refractivity contribution in [2.75, 3.05) is 6.61 Å². The Kier molecular flexibility index (Phi) is 5.44. The third kappa shape index (κ3) is 4.93. The van der Waals surface area contributed by atoms with Gasteiger partial charge in [-0.1, -0.05) is 42.5 Å². The molecule has 0 N–H and O–H groups in total. The van der Waals surface area contributed by atoms with Gasteiger partial charge >= 0.3 is 5.97 Å². The number of allylic oxidation sites excluding steroid dienone is 3. The van der Waals surface area contributed by atoms with Crippen LogP contribution in [0, 0.1) is 0 Å². The van der Waals surface area contributed by atoms with E-state index in [1.165, 1.54) is 24.3 Å². The fourth-order valence-electron chi connectivity index (χ4n) is 1.17. The highest BCUT2D eigenvalue weighted by Gasteiger charge is 1.98. The second kappa shape index (κ2) is 7.17. The Balaban J connectivity index is 2.50. The van der Waals surface area contributed by atoms with Crippen molar-refractivity contribution in [3.63, 3.8) is 0 Å². The summed E-state index contributed by atoms with van der Waals surface area (Å²) in [5, 5.41) is 0. The lowest BCUT2D eigenvalue weighted by atomic mass is 10.1. The molecule has 0 radical (unpaired) electrons. The maximum atomic E-state index is 11.6. The molecule has 1 rings (SSSR count). The molecule has 0 unspecified atom stereocenters. The molecule has 1 aromatic rings. The zero-order chi connectivity index (χ0) is 12.5. The molecule has 3 nitrogen and oxygen atoms in total. The molecule has 3 heteroatoms. The minimum Gasteiger partial charge on any atom is -0.463 e. The first-order chi connectivity index (χ1) is 8.24. The summed E-state index contributed by atoms with van der Waals surface area (Å²) in [6.45, 7) is 2.08. The monoisotopic (exact) mass is 230 g/mol. The Bertz CT molecular complexity index is 430. The van der Waals surface area contributed by atoms with Crippen LogP contribution in [0.5, 0.6) is 0 Å². The Hall–Kier alpha value is -2.16. The Labute approximate surface area is 100 Å². The first-order valence-corrected chi connectivity index (χ1v) is 5.35. The summed E-state index contributed by atoms with van der Waals surface area (Å²) < 4.78 is 4.69. The Morgan fingerprint density at radius 2 is 1.76 bits per heavy atom. The average Bonchev–Trinajstić information content (AvgIpc) is 2.36. The van der Waals surface area contributed by atoms with Crippen LogP contribution in [0.15, 0.2) is 54.6 Å². The highest BCUT2D eigenvalue weighted by molar-refractivity contribution is 6.04. The highest BCUT2D eigenvalue weighted by Crippen LogP contribution is 2.00. The predicted molar refractivity (Wildman–Crippen MR) is 65.7 cm³/mol. The van der Waals surface area contributed by atoms with E-state index in [1.807, 2.05) is 6.07 Å². The quantitative estimate of drug-likeness (QED) is 0.338. The normalized spacial score (nSPS) is 10.9. The van der Waals surface area contributed by atoms with Crippen molar-refractivity contribution < 1.29 is 14.3 Å².